The van der Waals surface area contributed by atoms with Gasteiger partial charge in [-0.15, -0.1) is 12.4 Å². The van der Waals surface area contributed by atoms with Gasteiger partial charge in [-0.1, -0.05) is 6.07 Å². The van der Waals surface area contributed by atoms with E-state index in [9.17, 15) is 22.0 Å². The Balaban J connectivity index is 0.00000306. The standard InChI is InChI=1S/C21H23F2N3O5S.ClH/c22-18-12-15(26-13-16(31-21(26)27)5-10-32(28,29)30)2-3-17(18)14-1-4-20(19(23)11-14)25-8-6-24-7-9-25;/h1-4,11-12,16,24H,5-10,13H2,(H,28,29,30);1H. The van der Waals surface area contributed by atoms with Crippen molar-refractivity contribution in [2.75, 3.05) is 48.3 Å². The minimum absolute atomic E-state index is 0. The predicted molar refractivity (Wildman–Crippen MR) is 123 cm³/mol. The summed E-state index contributed by atoms with van der Waals surface area (Å²) in [4.78, 5) is 15.2. The van der Waals surface area contributed by atoms with Crippen LogP contribution >= 0.6 is 12.4 Å². The van der Waals surface area contributed by atoms with E-state index in [-0.39, 0.29) is 36.6 Å². The molecule has 4 rings (SSSR count). The Kier molecular flexibility index (Phi) is 7.78. The van der Waals surface area contributed by atoms with Crippen LogP contribution in [0.5, 0.6) is 0 Å². The summed E-state index contributed by atoms with van der Waals surface area (Å²) in [5, 5.41) is 3.21. The largest absolute Gasteiger partial charge is 0.444 e. The van der Waals surface area contributed by atoms with Crippen molar-refractivity contribution in [1.29, 1.82) is 0 Å². The molecule has 2 N–H and O–H groups in total. The van der Waals surface area contributed by atoms with Gasteiger partial charge in [0.2, 0.25) is 0 Å². The highest BCUT2D eigenvalue weighted by molar-refractivity contribution is 7.85. The van der Waals surface area contributed by atoms with Crippen molar-refractivity contribution in [1.82, 2.24) is 5.32 Å². The van der Waals surface area contributed by atoms with Crippen LogP contribution in [0.1, 0.15) is 6.42 Å². The van der Waals surface area contributed by atoms with Gasteiger partial charge < -0.3 is 15.0 Å². The summed E-state index contributed by atoms with van der Waals surface area (Å²) in [6, 6.07) is 8.74. The Morgan fingerprint density at radius 3 is 2.45 bits per heavy atom. The first kappa shape index (κ1) is 25.2. The van der Waals surface area contributed by atoms with Crippen LogP contribution in [0.15, 0.2) is 36.4 Å². The first-order chi connectivity index (χ1) is 15.2. The number of carbonyl (C=O) groups is 1. The molecule has 0 aliphatic carbocycles. The fraction of sp³-hybridized carbons (Fsp3) is 0.381. The molecular weight excluding hydrogens is 480 g/mol. The molecule has 1 atom stereocenters. The number of rotatable bonds is 6. The zero-order chi connectivity index (χ0) is 22.9. The summed E-state index contributed by atoms with van der Waals surface area (Å²) in [6.07, 6.45) is -1.54. The maximum Gasteiger partial charge on any atom is 0.414 e. The van der Waals surface area contributed by atoms with E-state index in [0.29, 0.717) is 24.3 Å². The van der Waals surface area contributed by atoms with E-state index in [2.05, 4.69) is 5.32 Å². The number of nitrogens with one attached hydrogen (secondary N) is 1. The molecular formula is C21H24ClF2N3O5S. The van der Waals surface area contributed by atoms with Crippen LogP contribution in [-0.2, 0) is 14.9 Å². The summed E-state index contributed by atoms with van der Waals surface area (Å²) in [5.74, 6) is -1.61. The number of benzene rings is 2. The van der Waals surface area contributed by atoms with Gasteiger partial charge in [0, 0.05) is 38.2 Å². The van der Waals surface area contributed by atoms with Crippen molar-refractivity contribution in [2.45, 2.75) is 12.5 Å². The summed E-state index contributed by atoms with van der Waals surface area (Å²) in [5.41, 5.74) is 1.28. The van der Waals surface area contributed by atoms with Crippen LogP contribution in [0.3, 0.4) is 0 Å². The van der Waals surface area contributed by atoms with Crippen LogP contribution in [-0.4, -0.2) is 63.6 Å². The number of nitrogens with zero attached hydrogens (tertiary/aromatic N) is 2. The van der Waals surface area contributed by atoms with Gasteiger partial charge in [0.1, 0.15) is 17.7 Å². The van der Waals surface area contributed by atoms with E-state index in [1.54, 1.807) is 12.1 Å². The zero-order valence-electron chi connectivity index (χ0n) is 17.5. The Morgan fingerprint density at radius 1 is 1.09 bits per heavy atom. The molecule has 2 aliphatic rings. The zero-order valence-corrected chi connectivity index (χ0v) is 19.2. The Morgan fingerprint density at radius 2 is 1.82 bits per heavy atom. The van der Waals surface area contributed by atoms with Gasteiger partial charge in [-0.25, -0.2) is 13.6 Å². The first-order valence-corrected chi connectivity index (χ1v) is 11.8. The van der Waals surface area contributed by atoms with Crippen LogP contribution in [0.25, 0.3) is 11.1 Å². The highest BCUT2D eigenvalue weighted by Crippen LogP contribution is 2.32. The van der Waals surface area contributed by atoms with Crippen LogP contribution < -0.4 is 15.1 Å². The number of carbonyl (C=O) groups excluding carboxylic acids is 1. The highest BCUT2D eigenvalue weighted by atomic mass is 35.5. The maximum absolute atomic E-state index is 14.9. The van der Waals surface area contributed by atoms with Gasteiger partial charge in [0.15, 0.2) is 0 Å². The van der Waals surface area contributed by atoms with Crippen molar-refractivity contribution in [3.05, 3.63) is 48.0 Å². The fourth-order valence-electron chi connectivity index (χ4n) is 3.91. The van der Waals surface area contributed by atoms with Gasteiger partial charge >= 0.3 is 6.09 Å². The van der Waals surface area contributed by atoms with E-state index in [4.69, 9.17) is 9.29 Å². The normalized spacial score (nSPS) is 18.8. The second-order valence-electron chi connectivity index (χ2n) is 7.76. The lowest BCUT2D eigenvalue weighted by molar-refractivity contribution is 0.139. The molecule has 2 heterocycles. The van der Waals surface area contributed by atoms with Crippen molar-refractivity contribution in [3.8, 4) is 11.1 Å². The minimum atomic E-state index is -4.17. The molecule has 0 spiro atoms. The Labute approximate surface area is 196 Å². The number of cyclic esters (lactones) is 1. The molecule has 2 fully saturated rings. The van der Waals surface area contributed by atoms with Crippen LogP contribution in [0, 0.1) is 11.6 Å². The second kappa shape index (κ2) is 10.2. The number of anilines is 2. The smallest absolute Gasteiger partial charge is 0.414 e. The summed E-state index contributed by atoms with van der Waals surface area (Å²) >= 11 is 0. The van der Waals surface area contributed by atoms with E-state index in [1.165, 1.54) is 23.1 Å². The fourth-order valence-corrected chi connectivity index (χ4v) is 4.47. The Hall–Kier alpha value is -2.47. The van der Waals surface area contributed by atoms with E-state index in [0.717, 1.165) is 19.2 Å². The minimum Gasteiger partial charge on any atom is -0.444 e. The predicted octanol–water partition coefficient (Wildman–Crippen LogP) is 3.07. The molecule has 1 amide bonds. The average Bonchev–Trinajstić information content (AvgIpc) is 3.13. The summed E-state index contributed by atoms with van der Waals surface area (Å²) < 4.78 is 65.3. The molecule has 0 saturated carbocycles. The molecule has 0 radical (unpaired) electrons. The molecule has 180 valence electrons. The van der Waals surface area contributed by atoms with Crippen molar-refractivity contribution >= 4 is 40.0 Å². The monoisotopic (exact) mass is 503 g/mol. The molecule has 33 heavy (non-hydrogen) atoms. The molecule has 2 aliphatic heterocycles. The lowest BCUT2D eigenvalue weighted by Gasteiger charge is -2.29. The number of hydrogen-bond acceptors (Lipinski definition) is 6. The number of halogens is 3. The molecule has 2 saturated heterocycles. The molecule has 8 nitrogen and oxygen atoms in total. The molecule has 2 aromatic rings. The third kappa shape index (κ3) is 5.91. The number of amides is 1. The van der Waals surface area contributed by atoms with Gasteiger partial charge in [-0.3, -0.25) is 9.45 Å². The molecule has 0 bridgehead atoms. The van der Waals surface area contributed by atoms with Crippen molar-refractivity contribution < 1.29 is 31.3 Å². The topological polar surface area (TPSA) is 99.2 Å². The maximum atomic E-state index is 14.9. The average molecular weight is 504 g/mol. The SMILES string of the molecule is Cl.O=C1OC(CCS(=O)(=O)O)CN1c1ccc(-c2ccc(N3CCNCC3)c(F)c2)c(F)c1. The quantitative estimate of drug-likeness (QED) is 0.584. The lowest BCUT2D eigenvalue weighted by Crippen LogP contribution is -2.43. The van der Waals surface area contributed by atoms with Crippen molar-refractivity contribution in [3.63, 3.8) is 0 Å². The molecule has 1 unspecified atom stereocenters. The van der Waals surface area contributed by atoms with E-state index < -0.39 is 39.7 Å². The lowest BCUT2D eigenvalue weighted by atomic mass is 10.0. The van der Waals surface area contributed by atoms with Gasteiger partial charge in [-0.2, -0.15) is 8.42 Å². The summed E-state index contributed by atoms with van der Waals surface area (Å²) in [7, 11) is -4.17. The number of ether oxygens (including phenoxy) is 1. The molecule has 12 heteroatoms. The molecule has 0 aromatic heterocycles. The third-order valence-electron chi connectivity index (χ3n) is 5.55. The highest BCUT2D eigenvalue weighted by Gasteiger charge is 2.33. The van der Waals surface area contributed by atoms with E-state index >= 15 is 0 Å². The number of piperazine rings is 1. The second-order valence-corrected chi connectivity index (χ2v) is 9.33. The van der Waals surface area contributed by atoms with Gasteiger partial charge in [0.05, 0.1) is 23.7 Å². The summed E-state index contributed by atoms with van der Waals surface area (Å²) in [6.45, 7) is 2.95. The number of hydrogen-bond donors (Lipinski definition) is 2. The van der Waals surface area contributed by atoms with Crippen LogP contribution in [0.2, 0.25) is 0 Å². The Bertz CT molecular complexity index is 1130. The van der Waals surface area contributed by atoms with Crippen molar-refractivity contribution in [2.24, 2.45) is 0 Å². The van der Waals surface area contributed by atoms with Gasteiger partial charge in [-0.05, 0) is 35.9 Å². The van der Waals surface area contributed by atoms with Crippen LogP contribution in [0.4, 0.5) is 25.0 Å². The van der Waals surface area contributed by atoms with E-state index in [1.807, 2.05) is 4.90 Å². The van der Waals surface area contributed by atoms with Gasteiger partial charge in [0.25, 0.3) is 10.1 Å². The third-order valence-corrected chi connectivity index (χ3v) is 6.30. The first-order valence-electron chi connectivity index (χ1n) is 10.2. The molecule has 2 aromatic carbocycles.